The zero-order valence-electron chi connectivity index (χ0n) is 14.8. The van der Waals surface area contributed by atoms with Crippen LogP contribution in [-0.2, 0) is 15.9 Å². The quantitative estimate of drug-likeness (QED) is 0.743. The lowest BCUT2D eigenvalue weighted by Gasteiger charge is -2.41. The molecular weight excluding hydrogens is 304 g/mol. The topological polar surface area (TPSA) is 58.4 Å². The molecule has 1 aromatic heterocycles. The monoisotopic (exact) mass is 330 g/mol. The van der Waals surface area contributed by atoms with Crippen molar-refractivity contribution < 1.29 is 19.0 Å². The molecule has 0 amide bonds. The third-order valence-corrected chi connectivity index (χ3v) is 8.16. The summed E-state index contributed by atoms with van der Waals surface area (Å²) in [5.74, 6) is 2.47. The Morgan fingerprint density at radius 3 is 2.83 bits per heavy atom. The Morgan fingerprint density at radius 1 is 1.25 bits per heavy atom. The smallest absolute Gasteiger partial charge is 0.130 e. The summed E-state index contributed by atoms with van der Waals surface area (Å²) < 4.78 is 18.8. The molecule has 2 saturated heterocycles. The van der Waals surface area contributed by atoms with Crippen molar-refractivity contribution in [3.8, 4) is 0 Å². The lowest BCUT2D eigenvalue weighted by molar-refractivity contribution is -0.0259. The van der Waals surface area contributed by atoms with Crippen molar-refractivity contribution in [2.45, 2.75) is 81.9 Å². The zero-order chi connectivity index (χ0) is 16.6. The van der Waals surface area contributed by atoms with Crippen LogP contribution in [0.1, 0.15) is 56.4 Å². The Kier molecular flexibility index (Phi) is 2.27. The first kappa shape index (κ1) is 14.3. The molecule has 130 valence electrons. The molecule has 3 heterocycles. The SMILES string of the molecule is Cc1coc2c1C1C(C(C)CC2)C23OC2(CC(C)C3O)C2OC12C. The molecule has 0 spiro atoms. The lowest BCUT2D eigenvalue weighted by atomic mass is 9.57. The highest BCUT2D eigenvalue weighted by atomic mass is 16.7. The summed E-state index contributed by atoms with van der Waals surface area (Å²) in [4.78, 5) is 0. The van der Waals surface area contributed by atoms with Gasteiger partial charge >= 0.3 is 0 Å². The first-order valence-electron chi connectivity index (χ1n) is 9.50. The number of fused-ring (bicyclic) bond motifs is 5. The highest BCUT2D eigenvalue weighted by molar-refractivity contribution is 5.49. The lowest BCUT2D eigenvalue weighted by Crippen LogP contribution is -2.53. The van der Waals surface area contributed by atoms with E-state index < -0.39 is 5.60 Å². The molecule has 5 aliphatic rings. The van der Waals surface area contributed by atoms with E-state index in [0.717, 1.165) is 25.0 Å². The molecule has 0 radical (unpaired) electrons. The van der Waals surface area contributed by atoms with Gasteiger partial charge in [-0.2, -0.15) is 0 Å². The van der Waals surface area contributed by atoms with Gasteiger partial charge in [0.1, 0.15) is 28.7 Å². The number of ether oxygens (including phenoxy) is 2. The van der Waals surface area contributed by atoms with Gasteiger partial charge in [-0.1, -0.05) is 13.8 Å². The van der Waals surface area contributed by atoms with Crippen molar-refractivity contribution in [2.75, 3.05) is 0 Å². The fourth-order valence-electron chi connectivity index (χ4n) is 7.21. The highest BCUT2D eigenvalue weighted by Crippen LogP contribution is 2.81. The number of furan rings is 1. The summed E-state index contributed by atoms with van der Waals surface area (Å²) in [5, 5.41) is 11.1. The van der Waals surface area contributed by atoms with E-state index in [0.29, 0.717) is 11.8 Å². The van der Waals surface area contributed by atoms with Crippen molar-refractivity contribution in [2.24, 2.45) is 17.8 Å². The van der Waals surface area contributed by atoms with Crippen molar-refractivity contribution in [1.29, 1.82) is 0 Å². The maximum absolute atomic E-state index is 11.1. The van der Waals surface area contributed by atoms with Gasteiger partial charge < -0.3 is 19.0 Å². The fraction of sp³-hybridized carbons (Fsp3) is 0.800. The molecule has 24 heavy (non-hydrogen) atoms. The van der Waals surface area contributed by atoms with E-state index >= 15 is 0 Å². The summed E-state index contributed by atoms with van der Waals surface area (Å²) in [6.45, 7) is 8.91. The van der Waals surface area contributed by atoms with Gasteiger partial charge in [-0.15, -0.1) is 0 Å². The van der Waals surface area contributed by atoms with Gasteiger partial charge in [0.15, 0.2) is 0 Å². The molecule has 2 saturated carbocycles. The van der Waals surface area contributed by atoms with E-state index in [1.165, 1.54) is 11.1 Å². The number of hydrogen-bond acceptors (Lipinski definition) is 4. The molecule has 0 bridgehead atoms. The normalized spacial score (nSPS) is 59.5. The van der Waals surface area contributed by atoms with E-state index in [9.17, 15) is 5.11 Å². The summed E-state index contributed by atoms with van der Waals surface area (Å²) in [7, 11) is 0. The first-order valence-corrected chi connectivity index (χ1v) is 9.50. The van der Waals surface area contributed by atoms with Gasteiger partial charge in [0.05, 0.1) is 12.4 Å². The molecule has 9 atom stereocenters. The molecule has 4 fully saturated rings. The standard InChI is InChI=1S/C20H26O4/c1-9-5-6-12-13(11(3)8-22-12)15-14(9)20-16(21)10(2)7-19(20,24-20)17-18(15,4)23-17/h8-10,14-17,21H,5-7H2,1-4H3. The van der Waals surface area contributed by atoms with Crippen LogP contribution in [0.25, 0.3) is 0 Å². The second kappa shape index (κ2) is 3.79. The van der Waals surface area contributed by atoms with E-state index in [1.807, 2.05) is 6.26 Å². The number of rotatable bonds is 0. The summed E-state index contributed by atoms with van der Waals surface area (Å²) in [6.07, 6.45) is 4.64. The molecule has 4 nitrogen and oxygen atoms in total. The Hall–Kier alpha value is -0.840. The van der Waals surface area contributed by atoms with Crippen LogP contribution in [0.15, 0.2) is 10.7 Å². The third-order valence-electron chi connectivity index (χ3n) is 8.16. The second-order valence-corrected chi connectivity index (χ2v) is 9.37. The van der Waals surface area contributed by atoms with Crippen molar-refractivity contribution in [1.82, 2.24) is 0 Å². The maximum atomic E-state index is 11.1. The van der Waals surface area contributed by atoms with Crippen LogP contribution in [-0.4, -0.2) is 34.1 Å². The van der Waals surface area contributed by atoms with Crippen LogP contribution >= 0.6 is 0 Å². The summed E-state index contributed by atoms with van der Waals surface area (Å²) in [6, 6.07) is 0. The second-order valence-electron chi connectivity index (χ2n) is 9.37. The van der Waals surface area contributed by atoms with Crippen LogP contribution in [0.3, 0.4) is 0 Å². The van der Waals surface area contributed by atoms with Gasteiger partial charge in [0, 0.05) is 23.8 Å². The predicted octanol–water partition coefficient (Wildman–Crippen LogP) is 2.95. The van der Waals surface area contributed by atoms with Gasteiger partial charge in [-0.3, -0.25) is 0 Å². The van der Waals surface area contributed by atoms with Gasteiger partial charge in [-0.25, -0.2) is 0 Å². The summed E-state index contributed by atoms with van der Waals surface area (Å²) in [5.41, 5.74) is 1.77. The Bertz CT molecular complexity index is 755. The van der Waals surface area contributed by atoms with Crippen LogP contribution in [0, 0.1) is 24.7 Å². The van der Waals surface area contributed by atoms with E-state index in [4.69, 9.17) is 13.9 Å². The molecule has 1 aromatic rings. The van der Waals surface area contributed by atoms with Crippen LogP contribution in [0.5, 0.6) is 0 Å². The fourth-order valence-corrected chi connectivity index (χ4v) is 7.21. The average molecular weight is 330 g/mol. The van der Waals surface area contributed by atoms with Gasteiger partial charge in [-0.05, 0) is 44.1 Å². The number of hydrogen-bond donors (Lipinski definition) is 1. The Balaban J connectivity index is 1.60. The van der Waals surface area contributed by atoms with Crippen molar-refractivity contribution in [3.63, 3.8) is 0 Å². The third kappa shape index (κ3) is 1.21. The Morgan fingerprint density at radius 2 is 2.04 bits per heavy atom. The molecule has 9 unspecified atom stereocenters. The number of aliphatic hydroxyl groups excluding tert-OH is 1. The molecule has 4 heteroatoms. The van der Waals surface area contributed by atoms with Crippen LogP contribution in [0.4, 0.5) is 0 Å². The van der Waals surface area contributed by atoms with E-state index in [1.54, 1.807) is 0 Å². The van der Waals surface area contributed by atoms with E-state index in [-0.39, 0.29) is 35.2 Å². The number of epoxide rings is 2. The van der Waals surface area contributed by atoms with Crippen molar-refractivity contribution >= 4 is 0 Å². The molecule has 2 aliphatic heterocycles. The maximum Gasteiger partial charge on any atom is 0.130 e. The predicted molar refractivity (Wildman–Crippen MR) is 86.8 cm³/mol. The van der Waals surface area contributed by atoms with Crippen molar-refractivity contribution in [3.05, 3.63) is 23.2 Å². The Labute approximate surface area is 142 Å². The molecule has 0 aromatic carbocycles. The molecule has 3 aliphatic carbocycles. The molecule has 6 rings (SSSR count). The number of aliphatic hydroxyl groups is 1. The highest BCUT2D eigenvalue weighted by Gasteiger charge is 2.95. The molecular formula is C20H26O4. The number of aryl methyl sites for hydroxylation is 2. The van der Waals surface area contributed by atoms with E-state index in [2.05, 4.69) is 27.7 Å². The minimum atomic E-state index is -0.400. The summed E-state index contributed by atoms with van der Waals surface area (Å²) >= 11 is 0. The zero-order valence-corrected chi connectivity index (χ0v) is 14.8. The average Bonchev–Trinajstić information content (AvgIpc) is 3.35. The van der Waals surface area contributed by atoms with Gasteiger partial charge in [0.25, 0.3) is 0 Å². The minimum Gasteiger partial charge on any atom is -0.469 e. The largest absolute Gasteiger partial charge is 0.469 e. The first-order chi connectivity index (χ1) is 11.4. The molecule has 1 N–H and O–H groups in total. The van der Waals surface area contributed by atoms with Crippen LogP contribution in [0.2, 0.25) is 0 Å². The van der Waals surface area contributed by atoms with Gasteiger partial charge in [0.2, 0.25) is 0 Å². The van der Waals surface area contributed by atoms with Crippen LogP contribution < -0.4 is 0 Å². The minimum absolute atomic E-state index is 0.123.